The normalized spacial score (nSPS) is 15.5. The minimum Gasteiger partial charge on any atom is -0.384 e. The van der Waals surface area contributed by atoms with Crippen molar-refractivity contribution in [3.05, 3.63) is 29.3 Å². The van der Waals surface area contributed by atoms with E-state index in [4.69, 9.17) is 5.26 Å². The van der Waals surface area contributed by atoms with E-state index in [2.05, 4.69) is 29.6 Å². The van der Waals surface area contributed by atoms with Crippen LogP contribution in [0.3, 0.4) is 0 Å². The fourth-order valence-corrected chi connectivity index (χ4v) is 2.00. The summed E-state index contributed by atoms with van der Waals surface area (Å²) in [5, 5.41) is 12.0. The molecule has 1 N–H and O–H groups in total. The van der Waals surface area contributed by atoms with E-state index in [9.17, 15) is 0 Å². The highest BCUT2D eigenvalue weighted by Gasteiger charge is 2.10. The Balaban J connectivity index is 2.01. The molecule has 2 rings (SSSR count). The van der Waals surface area contributed by atoms with Crippen LogP contribution < -0.4 is 5.32 Å². The lowest BCUT2D eigenvalue weighted by Crippen LogP contribution is -2.09. The van der Waals surface area contributed by atoms with Crippen LogP contribution in [-0.4, -0.2) is 6.54 Å². The van der Waals surface area contributed by atoms with Crippen molar-refractivity contribution in [3.63, 3.8) is 0 Å². The zero-order valence-electron chi connectivity index (χ0n) is 9.09. The van der Waals surface area contributed by atoms with Crippen LogP contribution >= 0.6 is 0 Å². The number of benzene rings is 1. The molecule has 1 atom stereocenters. The minimum absolute atomic E-state index is 0.0678. The van der Waals surface area contributed by atoms with Gasteiger partial charge in [-0.15, -0.1) is 0 Å². The SMILES string of the molecule is CC(C#N)CNc1ccc2c(c1)CCC2. The van der Waals surface area contributed by atoms with Crippen LogP contribution in [-0.2, 0) is 12.8 Å². The van der Waals surface area contributed by atoms with Gasteiger partial charge in [-0.1, -0.05) is 6.07 Å². The topological polar surface area (TPSA) is 35.8 Å². The summed E-state index contributed by atoms with van der Waals surface area (Å²) in [5.74, 6) is 0.0678. The molecule has 1 aliphatic carbocycles. The van der Waals surface area contributed by atoms with Crippen molar-refractivity contribution in [2.24, 2.45) is 5.92 Å². The molecule has 0 heterocycles. The van der Waals surface area contributed by atoms with E-state index < -0.39 is 0 Å². The summed E-state index contributed by atoms with van der Waals surface area (Å²) in [6.45, 7) is 2.66. The second kappa shape index (κ2) is 4.35. The molecule has 1 aromatic rings. The maximum absolute atomic E-state index is 8.68. The van der Waals surface area contributed by atoms with Gasteiger partial charge in [-0.2, -0.15) is 5.26 Å². The van der Waals surface area contributed by atoms with Crippen molar-refractivity contribution in [1.82, 2.24) is 0 Å². The molecule has 0 amide bonds. The fraction of sp³-hybridized carbons (Fsp3) is 0.462. The summed E-state index contributed by atoms with van der Waals surface area (Å²) in [6, 6.07) is 8.78. The highest BCUT2D eigenvalue weighted by Crippen LogP contribution is 2.24. The number of aryl methyl sites for hydroxylation is 2. The van der Waals surface area contributed by atoms with Gasteiger partial charge in [0.25, 0.3) is 0 Å². The van der Waals surface area contributed by atoms with Gasteiger partial charge in [0.05, 0.1) is 12.0 Å². The third kappa shape index (κ3) is 2.30. The number of hydrogen-bond acceptors (Lipinski definition) is 2. The van der Waals surface area contributed by atoms with Crippen LogP contribution in [0.4, 0.5) is 5.69 Å². The first kappa shape index (κ1) is 10.0. The number of nitrogens with one attached hydrogen (secondary N) is 1. The maximum Gasteiger partial charge on any atom is 0.0671 e. The number of nitrogens with zero attached hydrogens (tertiary/aromatic N) is 1. The van der Waals surface area contributed by atoms with Crippen molar-refractivity contribution >= 4 is 5.69 Å². The van der Waals surface area contributed by atoms with Gasteiger partial charge < -0.3 is 5.32 Å². The number of nitriles is 1. The first-order valence-electron chi connectivity index (χ1n) is 5.55. The summed E-state index contributed by atoms with van der Waals surface area (Å²) in [4.78, 5) is 0. The molecule has 1 aromatic carbocycles. The monoisotopic (exact) mass is 200 g/mol. The van der Waals surface area contributed by atoms with Gasteiger partial charge >= 0.3 is 0 Å². The van der Waals surface area contributed by atoms with E-state index >= 15 is 0 Å². The molecular weight excluding hydrogens is 184 g/mol. The van der Waals surface area contributed by atoms with E-state index in [0.717, 1.165) is 12.2 Å². The van der Waals surface area contributed by atoms with E-state index in [1.807, 2.05) is 6.92 Å². The molecule has 0 aliphatic heterocycles. The number of fused-ring (bicyclic) bond motifs is 1. The van der Waals surface area contributed by atoms with Crippen molar-refractivity contribution in [1.29, 1.82) is 5.26 Å². The predicted molar refractivity (Wildman–Crippen MR) is 61.7 cm³/mol. The molecule has 15 heavy (non-hydrogen) atoms. The van der Waals surface area contributed by atoms with Crippen molar-refractivity contribution in [3.8, 4) is 6.07 Å². The standard InChI is InChI=1S/C13H16N2/c1-10(8-14)9-15-13-6-5-11-3-2-4-12(11)7-13/h5-7,10,15H,2-4,9H2,1H3. The number of hydrogen-bond donors (Lipinski definition) is 1. The van der Waals surface area contributed by atoms with Crippen LogP contribution in [0, 0.1) is 17.2 Å². The van der Waals surface area contributed by atoms with E-state index in [1.165, 1.54) is 30.4 Å². The second-order valence-electron chi connectivity index (χ2n) is 4.25. The van der Waals surface area contributed by atoms with Crippen LogP contribution in [0.1, 0.15) is 24.5 Å². The molecule has 2 heteroatoms. The number of rotatable bonds is 3. The lowest BCUT2D eigenvalue weighted by Gasteiger charge is -2.09. The second-order valence-corrected chi connectivity index (χ2v) is 4.25. The van der Waals surface area contributed by atoms with Gasteiger partial charge in [-0.25, -0.2) is 0 Å². The molecule has 0 fully saturated rings. The van der Waals surface area contributed by atoms with Gasteiger partial charge in [0.15, 0.2) is 0 Å². The fourth-order valence-electron chi connectivity index (χ4n) is 2.00. The van der Waals surface area contributed by atoms with E-state index in [1.54, 1.807) is 0 Å². The van der Waals surface area contributed by atoms with Gasteiger partial charge in [0.2, 0.25) is 0 Å². The van der Waals surface area contributed by atoms with E-state index in [-0.39, 0.29) is 5.92 Å². The van der Waals surface area contributed by atoms with Gasteiger partial charge in [-0.05, 0) is 49.4 Å². The zero-order valence-corrected chi connectivity index (χ0v) is 9.09. The lowest BCUT2D eigenvalue weighted by molar-refractivity contribution is 0.786. The third-order valence-electron chi connectivity index (χ3n) is 2.93. The zero-order chi connectivity index (χ0) is 10.7. The molecule has 1 aliphatic rings. The highest BCUT2D eigenvalue weighted by atomic mass is 14.9. The van der Waals surface area contributed by atoms with Crippen molar-refractivity contribution in [2.75, 3.05) is 11.9 Å². The minimum atomic E-state index is 0.0678. The Morgan fingerprint density at radius 1 is 1.40 bits per heavy atom. The smallest absolute Gasteiger partial charge is 0.0671 e. The summed E-state index contributed by atoms with van der Waals surface area (Å²) in [6.07, 6.45) is 3.72. The molecule has 1 unspecified atom stereocenters. The summed E-state index contributed by atoms with van der Waals surface area (Å²) < 4.78 is 0. The molecule has 0 radical (unpaired) electrons. The van der Waals surface area contributed by atoms with Gasteiger partial charge in [0, 0.05) is 12.2 Å². The third-order valence-corrected chi connectivity index (χ3v) is 2.93. The first-order chi connectivity index (χ1) is 7.29. The van der Waals surface area contributed by atoms with Crippen LogP contribution in [0.5, 0.6) is 0 Å². The highest BCUT2D eigenvalue weighted by molar-refractivity contribution is 5.50. The Hall–Kier alpha value is -1.49. The predicted octanol–water partition coefficient (Wildman–Crippen LogP) is 2.75. The molecular formula is C13H16N2. The molecule has 0 saturated carbocycles. The molecule has 0 aromatic heterocycles. The molecule has 0 bridgehead atoms. The van der Waals surface area contributed by atoms with Crippen LogP contribution in [0.25, 0.3) is 0 Å². The Bertz CT molecular complexity index is 390. The van der Waals surface area contributed by atoms with Crippen molar-refractivity contribution < 1.29 is 0 Å². The van der Waals surface area contributed by atoms with Crippen LogP contribution in [0.2, 0.25) is 0 Å². The Morgan fingerprint density at radius 3 is 3.00 bits per heavy atom. The average molecular weight is 200 g/mol. The number of anilines is 1. The summed E-state index contributed by atoms with van der Waals surface area (Å²) in [7, 11) is 0. The molecule has 78 valence electrons. The largest absolute Gasteiger partial charge is 0.384 e. The molecule has 2 nitrogen and oxygen atoms in total. The van der Waals surface area contributed by atoms with Crippen molar-refractivity contribution in [2.45, 2.75) is 26.2 Å². The Kier molecular flexibility index (Phi) is 2.91. The van der Waals surface area contributed by atoms with E-state index in [0.29, 0.717) is 0 Å². The van der Waals surface area contributed by atoms with Crippen LogP contribution in [0.15, 0.2) is 18.2 Å². The first-order valence-corrected chi connectivity index (χ1v) is 5.55. The molecule has 0 saturated heterocycles. The van der Waals surface area contributed by atoms with Gasteiger partial charge in [0.1, 0.15) is 0 Å². The Morgan fingerprint density at radius 2 is 2.20 bits per heavy atom. The lowest BCUT2D eigenvalue weighted by atomic mass is 10.1. The average Bonchev–Trinajstić information content (AvgIpc) is 2.72. The Labute approximate surface area is 90.9 Å². The summed E-state index contributed by atoms with van der Waals surface area (Å²) in [5.41, 5.74) is 4.12. The molecule has 0 spiro atoms. The quantitative estimate of drug-likeness (QED) is 0.814. The summed E-state index contributed by atoms with van der Waals surface area (Å²) >= 11 is 0. The van der Waals surface area contributed by atoms with Gasteiger partial charge in [-0.3, -0.25) is 0 Å². The maximum atomic E-state index is 8.68.